The number of amides is 3. The Hall–Kier alpha value is -3.85. The highest BCUT2D eigenvalue weighted by atomic mass is 35.5. The summed E-state index contributed by atoms with van der Waals surface area (Å²) < 4.78 is 0. The second kappa shape index (κ2) is 7.80. The number of primary amides is 1. The summed E-state index contributed by atoms with van der Waals surface area (Å²) in [5, 5.41) is 14.9. The summed E-state index contributed by atoms with van der Waals surface area (Å²) >= 11 is 5.96. The standard InChI is InChI=1S/C18H14ClN5O4/c19-13-6-5-11(25)7-12(13)17(27)23-9-1-3-10(4-2-9)24-18(28)15-14(16(20)26)21-8-22-15/h1-8,25H,(H2,20,26)(H,21,22)(H,23,27)(H,24,28). The molecule has 1 heterocycles. The van der Waals surface area contributed by atoms with Gasteiger partial charge in [-0.25, -0.2) is 4.98 Å². The van der Waals surface area contributed by atoms with Crippen molar-refractivity contribution in [3.05, 3.63) is 70.8 Å². The molecule has 0 bridgehead atoms. The van der Waals surface area contributed by atoms with E-state index < -0.39 is 17.7 Å². The molecule has 1 aromatic heterocycles. The largest absolute Gasteiger partial charge is 0.508 e. The van der Waals surface area contributed by atoms with Crippen LogP contribution in [0.2, 0.25) is 5.02 Å². The van der Waals surface area contributed by atoms with Crippen molar-refractivity contribution in [1.82, 2.24) is 9.97 Å². The summed E-state index contributed by atoms with van der Waals surface area (Å²) in [5.74, 6) is -1.99. The number of carbonyl (C=O) groups is 3. The first-order chi connectivity index (χ1) is 13.3. The van der Waals surface area contributed by atoms with Crippen molar-refractivity contribution < 1.29 is 19.5 Å². The molecule has 0 aliphatic heterocycles. The van der Waals surface area contributed by atoms with E-state index in [2.05, 4.69) is 20.6 Å². The number of aromatic amines is 1. The van der Waals surface area contributed by atoms with E-state index in [1.54, 1.807) is 24.3 Å². The van der Waals surface area contributed by atoms with Gasteiger partial charge in [-0.2, -0.15) is 0 Å². The summed E-state index contributed by atoms with van der Waals surface area (Å²) in [6.07, 6.45) is 1.19. The van der Waals surface area contributed by atoms with Crippen LogP contribution in [-0.2, 0) is 0 Å². The molecule has 142 valence electrons. The Morgan fingerprint density at radius 1 is 1.00 bits per heavy atom. The van der Waals surface area contributed by atoms with E-state index in [0.29, 0.717) is 11.4 Å². The Morgan fingerprint density at radius 2 is 1.61 bits per heavy atom. The van der Waals surface area contributed by atoms with Crippen molar-refractivity contribution in [1.29, 1.82) is 0 Å². The number of benzene rings is 2. The fraction of sp³-hybridized carbons (Fsp3) is 0. The molecule has 0 radical (unpaired) electrons. The maximum atomic E-state index is 12.3. The number of nitrogens with one attached hydrogen (secondary N) is 3. The van der Waals surface area contributed by atoms with E-state index in [1.807, 2.05) is 0 Å². The van der Waals surface area contributed by atoms with Gasteiger partial charge in [-0.1, -0.05) is 11.6 Å². The molecule has 9 nitrogen and oxygen atoms in total. The van der Waals surface area contributed by atoms with Gasteiger partial charge < -0.3 is 26.5 Å². The lowest BCUT2D eigenvalue weighted by Crippen LogP contribution is -2.20. The summed E-state index contributed by atoms with van der Waals surface area (Å²) in [4.78, 5) is 42.0. The summed E-state index contributed by atoms with van der Waals surface area (Å²) in [7, 11) is 0. The van der Waals surface area contributed by atoms with Crippen LogP contribution in [0, 0.1) is 0 Å². The number of hydrogen-bond acceptors (Lipinski definition) is 5. The SMILES string of the molecule is NC(=O)c1nc[nH]c1C(=O)Nc1ccc(NC(=O)c2cc(O)ccc2Cl)cc1. The Labute approximate surface area is 163 Å². The van der Waals surface area contributed by atoms with Crippen LogP contribution in [0.5, 0.6) is 5.75 Å². The number of H-pyrrole nitrogens is 1. The zero-order chi connectivity index (χ0) is 20.3. The van der Waals surface area contributed by atoms with Crippen LogP contribution >= 0.6 is 11.6 Å². The summed E-state index contributed by atoms with van der Waals surface area (Å²) in [5.41, 5.74) is 5.93. The molecule has 6 N–H and O–H groups in total. The Morgan fingerprint density at radius 3 is 2.21 bits per heavy atom. The van der Waals surface area contributed by atoms with Crippen LogP contribution in [-0.4, -0.2) is 32.8 Å². The quantitative estimate of drug-likeness (QED) is 0.446. The highest BCUT2D eigenvalue weighted by Crippen LogP contribution is 2.23. The molecular formula is C18H14ClN5O4. The average Bonchev–Trinajstić information content (AvgIpc) is 3.15. The number of aromatic nitrogens is 2. The van der Waals surface area contributed by atoms with Crippen LogP contribution in [0.1, 0.15) is 31.3 Å². The molecule has 0 atom stereocenters. The number of nitrogens with two attached hydrogens (primary N) is 1. The first-order valence-corrected chi connectivity index (χ1v) is 8.27. The minimum absolute atomic E-state index is 0.0524. The number of phenolic OH excluding ortho intramolecular Hbond substituents is 1. The van der Waals surface area contributed by atoms with Crippen molar-refractivity contribution in [2.75, 3.05) is 10.6 Å². The molecule has 0 unspecified atom stereocenters. The lowest BCUT2D eigenvalue weighted by Gasteiger charge is -2.09. The predicted molar refractivity (Wildman–Crippen MR) is 103 cm³/mol. The minimum Gasteiger partial charge on any atom is -0.508 e. The number of nitrogens with zero attached hydrogens (tertiary/aromatic N) is 1. The van der Waals surface area contributed by atoms with E-state index >= 15 is 0 Å². The first kappa shape index (κ1) is 18.9. The number of carbonyl (C=O) groups excluding carboxylic acids is 3. The smallest absolute Gasteiger partial charge is 0.274 e. The summed E-state index contributed by atoms with van der Waals surface area (Å²) in [6.45, 7) is 0. The third kappa shape index (κ3) is 4.10. The third-order valence-corrected chi connectivity index (χ3v) is 4.02. The van der Waals surface area contributed by atoms with Gasteiger partial charge in [-0.15, -0.1) is 0 Å². The van der Waals surface area contributed by atoms with Crippen LogP contribution in [0.25, 0.3) is 0 Å². The van der Waals surface area contributed by atoms with Crippen molar-refractivity contribution >= 4 is 40.7 Å². The van der Waals surface area contributed by atoms with E-state index in [0.717, 1.165) is 0 Å². The average molecular weight is 400 g/mol. The van der Waals surface area contributed by atoms with Gasteiger partial charge in [-0.05, 0) is 42.5 Å². The monoisotopic (exact) mass is 399 g/mol. The molecule has 10 heteroatoms. The zero-order valence-electron chi connectivity index (χ0n) is 14.2. The van der Waals surface area contributed by atoms with Crippen LogP contribution in [0.15, 0.2) is 48.8 Å². The number of aromatic hydroxyl groups is 1. The number of phenols is 1. The van der Waals surface area contributed by atoms with Crippen LogP contribution < -0.4 is 16.4 Å². The van der Waals surface area contributed by atoms with Gasteiger partial charge in [0.05, 0.1) is 16.9 Å². The topological polar surface area (TPSA) is 150 Å². The second-order valence-corrected chi connectivity index (χ2v) is 6.05. The molecule has 0 fully saturated rings. The van der Waals surface area contributed by atoms with E-state index in [4.69, 9.17) is 17.3 Å². The Bertz CT molecular complexity index is 1060. The molecule has 0 saturated heterocycles. The molecule has 0 spiro atoms. The fourth-order valence-electron chi connectivity index (χ4n) is 2.37. The Kier molecular flexibility index (Phi) is 5.28. The predicted octanol–water partition coefficient (Wildman–Crippen LogP) is 2.37. The fourth-order valence-corrected chi connectivity index (χ4v) is 2.57. The molecule has 3 amide bonds. The van der Waals surface area contributed by atoms with E-state index in [-0.39, 0.29) is 27.7 Å². The molecule has 28 heavy (non-hydrogen) atoms. The van der Waals surface area contributed by atoms with Gasteiger partial charge in [0.15, 0.2) is 5.69 Å². The van der Waals surface area contributed by atoms with Crippen molar-refractivity contribution in [2.24, 2.45) is 5.73 Å². The third-order valence-electron chi connectivity index (χ3n) is 3.70. The molecule has 3 rings (SSSR count). The van der Waals surface area contributed by atoms with Crippen molar-refractivity contribution in [2.45, 2.75) is 0 Å². The van der Waals surface area contributed by atoms with Crippen LogP contribution in [0.4, 0.5) is 11.4 Å². The molecule has 0 aliphatic carbocycles. The van der Waals surface area contributed by atoms with Crippen molar-refractivity contribution in [3.63, 3.8) is 0 Å². The number of imidazole rings is 1. The molecule has 0 aliphatic rings. The lowest BCUT2D eigenvalue weighted by atomic mass is 10.2. The van der Waals surface area contributed by atoms with E-state index in [9.17, 15) is 19.5 Å². The second-order valence-electron chi connectivity index (χ2n) is 5.64. The zero-order valence-corrected chi connectivity index (χ0v) is 14.9. The van der Waals surface area contributed by atoms with Gasteiger partial charge >= 0.3 is 0 Å². The normalized spacial score (nSPS) is 10.3. The highest BCUT2D eigenvalue weighted by Gasteiger charge is 2.18. The van der Waals surface area contributed by atoms with Gasteiger partial charge in [-0.3, -0.25) is 14.4 Å². The number of hydrogen-bond donors (Lipinski definition) is 5. The maximum Gasteiger partial charge on any atom is 0.274 e. The number of rotatable bonds is 5. The molecule has 2 aromatic carbocycles. The highest BCUT2D eigenvalue weighted by molar-refractivity contribution is 6.34. The van der Waals surface area contributed by atoms with Gasteiger partial charge in [0, 0.05) is 11.4 Å². The Balaban J connectivity index is 1.69. The first-order valence-electron chi connectivity index (χ1n) is 7.89. The molecular weight excluding hydrogens is 386 g/mol. The van der Waals surface area contributed by atoms with E-state index in [1.165, 1.54) is 24.5 Å². The minimum atomic E-state index is -0.824. The van der Waals surface area contributed by atoms with Crippen molar-refractivity contribution in [3.8, 4) is 5.75 Å². The summed E-state index contributed by atoms with van der Waals surface area (Å²) in [6, 6.07) is 10.3. The lowest BCUT2D eigenvalue weighted by molar-refractivity contribution is 0.0972. The van der Waals surface area contributed by atoms with Crippen LogP contribution in [0.3, 0.4) is 0 Å². The number of halogens is 1. The number of anilines is 2. The molecule has 3 aromatic rings. The van der Waals surface area contributed by atoms with Gasteiger partial charge in [0.2, 0.25) is 0 Å². The van der Waals surface area contributed by atoms with Gasteiger partial charge in [0.25, 0.3) is 17.7 Å². The maximum absolute atomic E-state index is 12.3. The molecule has 0 saturated carbocycles. The van der Waals surface area contributed by atoms with Gasteiger partial charge in [0.1, 0.15) is 11.4 Å².